The fraction of sp³-hybridized carbons (Fsp3) is 0.633. The van der Waals surface area contributed by atoms with E-state index >= 15 is 0 Å². The summed E-state index contributed by atoms with van der Waals surface area (Å²) in [6.07, 6.45) is 2.32. The number of nitrogens with zero attached hydrogens (tertiary/aromatic N) is 1. The number of fused-ring (bicyclic) bond motifs is 1. The zero-order valence-electron chi connectivity index (χ0n) is 24.1. The molecule has 0 aromatic heterocycles. The molecule has 0 spiro atoms. The lowest BCUT2D eigenvalue weighted by molar-refractivity contribution is -0.144. The maximum absolute atomic E-state index is 13.9. The Morgan fingerprint density at radius 1 is 1.05 bits per heavy atom. The molecule has 0 aliphatic carbocycles. The highest BCUT2D eigenvalue weighted by molar-refractivity contribution is 5.99. The molecule has 2 saturated heterocycles. The maximum Gasteiger partial charge on any atom is 0.246 e. The number of amides is 4. The summed E-state index contributed by atoms with van der Waals surface area (Å²) in [5.74, 6) is -1.76. The van der Waals surface area contributed by atoms with Crippen molar-refractivity contribution in [2.45, 2.75) is 109 Å². The Balaban J connectivity index is 1.84. The number of unbranched alkanes of at least 4 members (excludes halogenated alkanes) is 2. The van der Waals surface area contributed by atoms with Gasteiger partial charge in [-0.2, -0.15) is 0 Å². The van der Waals surface area contributed by atoms with Gasteiger partial charge < -0.3 is 26.0 Å². The molecule has 4 amide bonds. The van der Waals surface area contributed by atoms with E-state index < -0.39 is 41.6 Å². The second-order valence-electron chi connectivity index (χ2n) is 11.5. The molecule has 0 bridgehead atoms. The molecule has 3 rings (SSSR count). The lowest BCUT2D eigenvalue weighted by atomic mass is 9.94. The van der Waals surface area contributed by atoms with E-state index in [0.717, 1.165) is 5.56 Å². The third-order valence-electron chi connectivity index (χ3n) is 8.10. The quantitative estimate of drug-likeness (QED) is 0.323. The first-order valence-corrected chi connectivity index (χ1v) is 14.4. The molecule has 2 heterocycles. The SMILES string of the molecule is CC[C@]1(C)NC(=O)[C@H](CCCCCC(=O)[C@@H](C)O)NC(=O)[C@H]2CC(C)CN2C(=O)[C@H](Cc2ccccc2)NC1=O. The minimum absolute atomic E-state index is 0.0811. The zero-order valence-corrected chi connectivity index (χ0v) is 24.1. The van der Waals surface area contributed by atoms with Gasteiger partial charge in [-0.1, -0.05) is 57.0 Å². The van der Waals surface area contributed by atoms with Crippen LogP contribution in [-0.2, 0) is 30.4 Å². The van der Waals surface area contributed by atoms with E-state index in [-0.39, 0.29) is 42.8 Å². The van der Waals surface area contributed by atoms with E-state index in [2.05, 4.69) is 16.0 Å². The Morgan fingerprint density at radius 3 is 2.40 bits per heavy atom. The second-order valence-corrected chi connectivity index (χ2v) is 11.5. The van der Waals surface area contributed by atoms with Crippen LogP contribution in [0.25, 0.3) is 0 Å². The summed E-state index contributed by atoms with van der Waals surface area (Å²) in [5, 5.41) is 18.0. The first-order valence-electron chi connectivity index (χ1n) is 14.4. The normalized spacial score (nSPS) is 28.5. The van der Waals surface area contributed by atoms with Crippen molar-refractivity contribution in [1.29, 1.82) is 0 Å². The smallest absolute Gasteiger partial charge is 0.246 e. The number of Topliss-reactive ketones (excluding diaryl/α,β-unsaturated/α-hetero) is 1. The Hall–Kier alpha value is -3.27. The highest BCUT2D eigenvalue weighted by Crippen LogP contribution is 2.26. The molecule has 2 fully saturated rings. The van der Waals surface area contributed by atoms with Gasteiger partial charge in [-0.25, -0.2) is 0 Å². The van der Waals surface area contributed by atoms with Crippen molar-refractivity contribution in [3.8, 4) is 0 Å². The molecule has 10 nitrogen and oxygen atoms in total. The van der Waals surface area contributed by atoms with E-state index in [1.54, 1.807) is 18.7 Å². The van der Waals surface area contributed by atoms with Gasteiger partial charge in [0.2, 0.25) is 23.6 Å². The Kier molecular flexibility index (Phi) is 10.8. The summed E-state index contributed by atoms with van der Waals surface area (Å²) in [5.41, 5.74) is -0.422. The predicted molar refractivity (Wildman–Crippen MR) is 150 cm³/mol. The summed E-state index contributed by atoms with van der Waals surface area (Å²) in [6.45, 7) is 7.21. The van der Waals surface area contributed by atoms with Gasteiger partial charge in [-0.15, -0.1) is 0 Å². The largest absolute Gasteiger partial charge is 0.386 e. The van der Waals surface area contributed by atoms with Crippen LogP contribution < -0.4 is 16.0 Å². The van der Waals surface area contributed by atoms with Crippen LogP contribution in [0.4, 0.5) is 0 Å². The summed E-state index contributed by atoms with van der Waals surface area (Å²) in [6, 6.07) is 6.86. The van der Waals surface area contributed by atoms with Crippen LogP contribution in [0.5, 0.6) is 0 Å². The van der Waals surface area contributed by atoms with Crippen molar-refractivity contribution in [3.63, 3.8) is 0 Å². The standard InChI is InChI=1S/C30H44N4O6/c1-5-30(4)29(40)32-23(17-21-12-8-6-9-13-21)28(39)34-18-19(2)16-24(34)27(38)31-22(26(37)33-30)14-10-7-11-15-25(36)20(3)35/h6,8-9,12-13,19-20,22-24,35H,5,7,10-11,14-18H2,1-4H3,(H,31,38)(H,32,40)(H,33,37)/t19?,20-,22+,23+,24-,30+/m1/s1. The number of carbonyl (C=O) groups excluding carboxylic acids is 5. The van der Waals surface area contributed by atoms with Crippen LogP contribution >= 0.6 is 0 Å². The maximum atomic E-state index is 13.9. The van der Waals surface area contributed by atoms with Gasteiger partial charge in [0.15, 0.2) is 5.78 Å². The number of carbonyl (C=O) groups is 5. The second kappa shape index (κ2) is 13.9. The highest BCUT2D eigenvalue weighted by Gasteiger charge is 2.44. The van der Waals surface area contributed by atoms with Crippen molar-refractivity contribution in [2.24, 2.45) is 5.92 Å². The average molecular weight is 557 g/mol. The van der Waals surface area contributed by atoms with Crippen molar-refractivity contribution in [2.75, 3.05) is 6.54 Å². The summed E-state index contributed by atoms with van der Waals surface area (Å²) >= 11 is 0. The molecule has 1 unspecified atom stereocenters. The molecule has 4 N–H and O–H groups in total. The van der Waals surface area contributed by atoms with Gasteiger partial charge >= 0.3 is 0 Å². The first-order chi connectivity index (χ1) is 18.9. The molecule has 10 heteroatoms. The van der Waals surface area contributed by atoms with Crippen LogP contribution in [0.3, 0.4) is 0 Å². The number of rotatable bonds is 10. The van der Waals surface area contributed by atoms with Gasteiger partial charge in [0.05, 0.1) is 0 Å². The van der Waals surface area contributed by atoms with E-state index in [4.69, 9.17) is 0 Å². The summed E-state index contributed by atoms with van der Waals surface area (Å²) in [4.78, 5) is 67.7. The lowest BCUT2D eigenvalue weighted by Gasteiger charge is -2.36. The minimum Gasteiger partial charge on any atom is -0.386 e. The van der Waals surface area contributed by atoms with Crippen molar-refractivity contribution >= 4 is 29.4 Å². The van der Waals surface area contributed by atoms with E-state index in [1.165, 1.54) is 6.92 Å². The number of aliphatic hydroxyl groups excluding tert-OH is 1. The van der Waals surface area contributed by atoms with Crippen molar-refractivity contribution in [1.82, 2.24) is 20.9 Å². The number of hydrogen-bond donors (Lipinski definition) is 4. The van der Waals surface area contributed by atoms with Crippen molar-refractivity contribution in [3.05, 3.63) is 35.9 Å². The van der Waals surface area contributed by atoms with Gasteiger partial charge in [0.25, 0.3) is 0 Å². The molecule has 0 saturated carbocycles. The first kappa shape index (κ1) is 31.3. The third kappa shape index (κ3) is 7.90. The molecule has 2 aliphatic heterocycles. The molecule has 40 heavy (non-hydrogen) atoms. The van der Waals surface area contributed by atoms with E-state index in [9.17, 15) is 29.1 Å². The monoisotopic (exact) mass is 556 g/mol. The molecule has 2 aliphatic rings. The van der Waals surface area contributed by atoms with E-state index in [0.29, 0.717) is 38.6 Å². The van der Waals surface area contributed by atoms with Crippen LogP contribution in [-0.4, -0.2) is 75.7 Å². The molecule has 6 atom stereocenters. The predicted octanol–water partition coefficient (Wildman–Crippen LogP) is 1.63. The molecular formula is C30H44N4O6. The Labute approximate surface area is 236 Å². The number of benzene rings is 1. The lowest BCUT2D eigenvalue weighted by Crippen LogP contribution is -2.65. The van der Waals surface area contributed by atoms with Gasteiger partial charge in [0.1, 0.15) is 29.8 Å². The van der Waals surface area contributed by atoms with Crippen LogP contribution in [0, 0.1) is 5.92 Å². The van der Waals surface area contributed by atoms with Gasteiger partial charge in [-0.3, -0.25) is 24.0 Å². The van der Waals surface area contributed by atoms with E-state index in [1.807, 2.05) is 37.3 Å². The van der Waals surface area contributed by atoms with Gasteiger partial charge in [-0.05, 0) is 51.0 Å². The third-order valence-corrected chi connectivity index (χ3v) is 8.10. The zero-order chi connectivity index (χ0) is 29.4. The fourth-order valence-electron chi connectivity index (χ4n) is 5.34. The Bertz CT molecular complexity index is 1080. The van der Waals surface area contributed by atoms with Crippen LogP contribution in [0.15, 0.2) is 30.3 Å². The molecular weight excluding hydrogens is 512 g/mol. The average Bonchev–Trinajstić information content (AvgIpc) is 3.32. The number of hydrogen-bond acceptors (Lipinski definition) is 6. The minimum atomic E-state index is -1.30. The van der Waals surface area contributed by atoms with Crippen LogP contribution in [0.2, 0.25) is 0 Å². The van der Waals surface area contributed by atoms with Crippen LogP contribution in [0.1, 0.15) is 78.2 Å². The van der Waals surface area contributed by atoms with Gasteiger partial charge in [0, 0.05) is 19.4 Å². The molecule has 220 valence electrons. The summed E-state index contributed by atoms with van der Waals surface area (Å²) in [7, 11) is 0. The molecule has 1 aromatic carbocycles. The molecule has 1 aromatic rings. The Morgan fingerprint density at radius 2 is 1.75 bits per heavy atom. The topological polar surface area (TPSA) is 145 Å². The number of nitrogens with one attached hydrogen (secondary N) is 3. The molecule has 0 radical (unpaired) electrons. The fourth-order valence-corrected chi connectivity index (χ4v) is 5.34. The summed E-state index contributed by atoms with van der Waals surface area (Å²) < 4.78 is 0. The highest BCUT2D eigenvalue weighted by atomic mass is 16.3. The number of ketones is 1. The van der Waals surface area contributed by atoms with Crippen molar-refractivity contribution < 1.29 is 29.1 Å². The number of aliphatic hydroxyl groups is 1.